The molecule has 0 aliphatic carbocycles. The van der Waals surface area contributed by atoms with Crippen LogP contribution in [0.3, 0.4) is 0 Å². The number of thioether (sulfide) groups is 1. The molecule has 5 nitrogen and oxygen atoms in total. The van der Waals surface area contributed by atoms with Gasteiger partial charge in [0.05, 0.1) is 5.69 Å². The van der Waals surface area contributed by atoms with Gasteiger partial charge in [-0.15, -0.1) is 0 Å². The van der Waals surface area contributed by atoms with E-state index in [1.165, 1.54) is 17.3 Å². The number of hydrogen-bond acceptors (Lipinski definition) is 4. The van der Waals surface area contributed by atoms with Gasteiger partial charge in [0, 0.05) is 12.1 Å². The number of amidine groups is 1. The summed E-state index contributed by atoms with van der Waals surface area (Å²) >= 11 is 1.30. The first kappa shape index (κ1) is 21.1. The maximum Gasteiger partial charge on any atom is 0.240 e. The van der Waals surface area contributed by atoms with Gasteiger partial charge in [0.2, 0.25) is 11.8 Å². The van der Waals surface area contributed by atoms with Crippen LogP contribution in [0.5, 0.6) is 0 Å². The molecule has 0 unspecified atom stereocenters. The Bertz CT molecular complexity index is 938. The molecule has 1 heterocycles. The van der Waals surface area contributed by atoms with Gasteiger partial charge < -0.3 is 10.6 Å². The molecule has 3 rings (SSSR count). The Balaban J connectivity index is 1.61. The van der Waals surface area contributed by atoms with E-state index in [2.05, 4.69) is 41.6 Å². The van der Waals surface area contributed by atoms with Crippen molar-refractivity contribution in [3.05, 3.63) is 59.2 Å². The molecule has 0 bridgehead atoms. The lowest BCUT2D eigenvalue weighted by Crippen LogP contribution is -2.28. The number of carbonyl (C=O) groups excluding carboxylic acids is 2. The third-order valence-electron chi connectivity index (χ3n) is 5.12. The highest BCUT2D eigenvalue weighted by atomic mass is 32.2. The molecule has 0 radical (unpaired) electrons. The van der Waals surface area contributed by atoms with Crippen LogP contribution in [0, 0.1) is 13.8 Å². The second kappa shape index (κ2) is 9.27. The largest absolute Gasteiger partial charge is 0.326 e. The zero-order valence-corrected chi connectivity index (χ0v) is 18.1. The first-order valence-electron chi connectivity index (χ1n) is 9.89. The van der Waals surface area contributed by atoms with E-state index >= 15 is 0 Å². The average Bonchev–Trinajstić information content (AvgIpc) is 3.03. The fourth-order valence-corrected chi connectivity index (χ4v) is 4.05. The van der Waals surface area contributed by atoms with Crippen LogP contribution in [-0.4, -0.2) is 22.2 Å². The molecule has 0 aromatic heterocycles. The smallest absolute Gasteiger partial charge is 0.240 e. The van der Waals surface area contributed by atoms with Gasteiger partial charge in [0.25, 0.3) is 0 Å². The van der Waals surface area contributed by atoms with Crippen LogP contribution >= 0.6 is 11.8 Å². The highest BCUT2D eigenvalue weighted by molar-refractivity contribution is 8.15. The molecule has 29 heavy (non-hydrogen) atoms. The summed E-state index contributed by atoms with van der Waals surface area (Å²) in [7, 11) is 0. The van der Waals surface area contributed by atoms with Crippen molar-refractivity contribution in [3.8, 4) is 0 Å². The Hall–Kier alpha value is -2.60. The first-order chi connectivity index (χ1) is 13.9. The number of aryl methyl sites for hydroxylation is 2. The van der Waals surface area contributed by atoms with Crippen LogP contribution < -0.4 is 10.6 Å². The second-order valence-corrected chi connectivity index (χ2v) is 8.68. The van der Waals surface area contributed by atoms with E-state index in [0.29, 0.717) is 11.1 Å². The number of aliphatic imine (C=N–C) groups is 1. The van der Waals surface area contributed by atoms with Gasteiger partial charge in [-0.1, -0.05) is 49.9 Å². The number of benzene rings is 2. The number of rotatable bonds is 6. The van der Waals surface area contributed by atoms with Gasteiger partial charge in [0.1, 0.15) is 5.25 Å². The summed E-state index contributed by atoms with van der Waals surface area (Å²) in [6.07, 6.45) is 1.20. The molecular formula is C23H27N3O2S. The van der Waals surface area contributed by atoms with Gasteiger partial charge >= 0.3 is 0 Å². The highest BCUT2D eigenvalue weighted by Gasteiger charge is 2.32. The summed E-state index contributed by atoms with van der Waals surface area (Å²) in [5.74, 6) is 0.156. The molecule has 152 valence electrons. The molecule has 2 amide bonds. The molecule has 2 N–H and O–H groups in total. The third kappa shape index (κ3) is 5.48. The molecule has 1 saturated heterocycles. The van der Waals surface area contributed by atoms with E-state index < -0.39 is 5.25 Å². The summed E-state index contributed by atoms with van der Waals surface area (Å²) in [6, 6.07) is 14.0. The number of hydrogen-bond donors (Lipinski definition) is 2. The molecule has 6 heteroatoms. The normalized spacial score (nSPS) is 18.6. The fraction of sp³-hybridized carbons (Fsp3) is 0.348. The molecule has 2 aromatic rings. The van der Waals surface area contributed by atoms with Gasteiger partial charge in [-0.05, 0) is 61.1 Å². The van der Waals surface area contributed by atoms with Gasteiger partial charge in [-0.3, -0.25) is 9.59 Å². The van der Waals surface area contributed by atoms with E-state index in [-0.39, 0.29) is 18.2 Å². The Morgan fingerprint density at radius 3 is 2.62 bits per heavy atom. The molecule has 2 atom stereocenters. The Kier molecular flexibility index (Phi) is 6.75. The first-order valence-corrected chi connectivity index (χ1v) is 10.8. The molecule has 0 spiro atoms. The van der Waals surface area contributed by atoms with E-state index in [1.807, 2.05) is 44.2 Å². The number of amides is 2. The van der Waals surface area contributed by atoms with Crippen molar-refractivity contribution >= 4 is 40.1 Å². The predicted molar refractivity (Wildman–Crippen MR) is 121 cm³/mol. The number of anilines is 1. The second-order valence-electron chi connectivity index (χ2n) is 7.48. The van der Waals surface area contributed by atoms with E-state index in [1.54, 1.807) is 0 Å². The molecule has 1 fully saturated rings. The van der Waals surface area contributed by atoms with E-state index in [4.69, 9.17) is 0 Å². The topological polar surface area (TPSA) is 70.6 Å². The van der Waals surface area contributed by atoms with Crippen LogP contribution in [0.25, 0.3) is 0 Å². The summed E-state index contributed by atoms with van der Waals surface area (Å²) in [5.41, 5.74) is 4.93. The van der Waals surface area contributed by atoms with Crippen LogP contribution in [0.15, 0.2) is 47.5 Å². The zero-order chi connectivity index (χ0) is 21.0. The van der Waals surface area contributed by atoms with E-state index in [0.717, 1.165) is 28.9 Å². The van der Waals surface area contributed by atoms with Crippen molar-refractivity contribution < 1.29 is 9.59 Å². The number of nitrogens with one attached hydrogen (secondary N) is 2. The van der Waals surface area contributed by atoms with Crippen LogP contribution in [0.1, 0.15) is 49.3 Å². The van der Waals surface area contributed by atoms with Crippen molar-refractivity contribution in [3.63, 3.8) is 0 Å². The van der Waals surface area contributed by atoms with Gasteiger partial charge in [-0.25, -0.2) is 4.99 Å². The molecule has 2 aromatic carbocycles. The summed E-state index contributed by atoms with van der Waals surface area (Å²) in [4.78, 5) is 29.2. The summed E-state index contributed by atoms with van der Waals surface area (Å²) in [5, 5.41) is 5.76. The lowest BCUT2D eigenvalue weighted by atomic mass is 9.99. The average molecular weight is 410 g/mol. The lowest BCUT2D eigenvalue weighted by Gasteiger charge is -2.10. The zero-order valence-electron chi connectivity index (χ0n) is 17.3. The Labute approximate surface area is 176 Å². The molecule has 0 saturated carbocycles. The molecular weight excluding hydrogens is 382 g/mol. The number of nitrogens with zero attached hydrogens (tertiary/aromatic N) is 1. The number of carbonyl (C=O) groups is 2. The van der Waals surface area contributed by atoms with Crippen molar-refractivity contribution in [1.29, 1.82) is 0 Å². The maximum atomic E-state index is 12.4. The quantitative estimate of drug-likeness (QED) is 0.700. The fourth-order valence-electron chi connectivity index (χ4n) is 3.06. The van der Waals surface area contributed by atoms with Crippen molar-refractivity contribution in [2.45, 2.75) is 51.7 Å². The molecule has 1 aliphatic heterocycles. The standard InChI is InChI=1S/C23H27N3O2S/c1-5-15(3)17-8-10-18(11-9-17)24-23-26-22(28)20(29-23)13-21(27)25-19-12-14(2)6-7-16(19)4/h6-12,15,20H,5,13H2,1-4H3,(H,25,27)(H,24,26,28)/t15-,20+/m0/s1. The Morgan fingerprint density at radius 1 is 1.21 bits per heavy atom. The van der Waals surface area contributed by atoms with Crippen LogP contribution in [0.2, 0.25) is 0 Å². The van der Waals surface area contributed by atoms with Crippen LogP contribution in [0.4, 0.5) is 11.4 Å². The van der Waals surface area contributed by atoms with Gasteiger partial charge in [0.15, 0.2) is 5.17 Å². The minimum Gasteiger partial charge on any atom is -0.326 e. The monoisotopic (exact) mass is 409 g/mol. The maximum absolute atomic E-state index is 12.4. The van der Waals surface area contributed by atoms with Crippen molar-refractivity contribution in [2.75, 3.05) is 5.32 Å². The third-order valence-corrected chi connectivity index (χ3v) is 6.20. The van der Waals surface area contributed by atoms with Gasteiger partial charge in [-0.2, -0.15) is 0 Å². The SMILES string of the molecule is CC[C@H](C)c1ccc(N=C2NC(=O)[C@@H](CC(=O)Nc3cc(C)ccc3C)S2)cc1. The van der Waals surface area contributed by atoms with Crippen molar-refractivity contribution in [1.82, 2.24) is 5.32 Å². The summed E-state index contributed by atoms with van der Waals surface area (Å²) in [6.45, 7) is 8.29. The Morgan fingerprint density at radius 2 is 1.93 bits per heavy atom. The van der Waals surface area contributed by atoms with Crippen LogP contribution in [-0.2, 0) is 9.59 Å². The summed E-state index contributed by atoms with van der Waals surface area (Å²) < 4.78 is 0. The van der Waals surface area contributed by atoms with Crippen molar-refractivity contribution in [2.24, 2.45) is 4.99 Å². The minimum atomic E-state index is -0.474. The molecule has 1 aliphatic rings. The lowest BCUT2D eigenvalue weighted by molar-refractivity contribution is -0.122. The van der Waals surface area contributed by atoms with E-state index in [9.17, 15) is 9.59 Å². The minimum absolute atomic E-state index is 0.107. The predicted octanol–water partition coefficient (Wildman–Crippen LogP) is 5.06. The highest BCUT2D eigenvalue weighted by Crippen LogP contribution is 2.27.